The molecule has 0 bridgehead atoms. The van der Waals surface area contributed by atoms with Crippen LogP contribution in [0.25, 0.3) is 0 Å². The molecule has 0 unspecified atom stereocenters. The average molecular weight is 266 g/mol. The van der Waals surface area contributed by atoms with Crippen molar-refractivity contribution >= 4 is 9.84 Å². The molecule has 0 radical (unpaired) electrons. The van der Waals surface area contributed by atoms with Crippen LogP contribution in [0.1, 0.15) is 38.8 Å². The second-order valence-corrected chi connectivity index (χ2v) is 6.97. The second-order valence-electron chi connectivity index (χ2n) is 4.40. The maximum atomic E-state index is 11.4. The van der Waals surface area contributed by atoms with Crippen molar-refractivity contribution in [1.29, 1.82) is 0 Å². The van der Waals surface area contributed by atoms with Crippen LogP contribution in [0, 0.1) is 18.8 Å². The number of hydrogen-bond donors (Lipinski definition) is 0. The van der Waals surface area contributed by atoms with Crippen LogP contribution < -0.4 is 0 Å². The third kappa shape index (κ3) is 4.93. The molecule has 0 amide bonds. The van der Waals surface area contributed by atoms with Crippen LogP contribution in [0.4, 0.5) is 0 Å². The molecule has 0 aliphatic heterocycles. The molecule has 0 aliphatic rings. The van der Waals surface area contributed by atoms with Crippen molar-refractivity contribution in [3.05, 3.63) is 35.4 Å². The highest BCUT2D eigenvalue weighted by Crippen LogP contribution is 2.13. The van der Waals surface area contributed by atoms with E-state index in [0.717, 1.165) is 11.1 Å². The molecule has 0 saturated carbocycles. The molecule has 0 fully saturated rings. The van der Waals surface area contributed by atoms with Gasteiger partial charge >= 0.3 is 0 Å². The highest BCUT2D eigenvalue weighted by atomic mass is 32.2. The molecule has 18 heavy (non-hydrogen) atoms. The molecule has 1 rings (SSSR count). The monoisotopic (exact) mass is 266 g/mol. The number of aryl methyl sites for hydroxylation is 1. The number of hydrogen-bond acceptors (Lipinski definition) is 2. The van der Waals surface area contributed by atoms with Gasteiger partial charge in [-0.1, -0.05) is 37.8 Å². The summed E-state index contributed by atoms with van der Waals surface area (Å²) in [5, 5.41) is 0. The van der Waals surface area contributed by atoms with Gasteiger partial charge in [0.15, 0.2) is 9.84 Å². The molecular weight excluding hydrogens is 244 g/mol. The molecule has 0 N–H and O–H groups in total. The van der Waals surface area contributed by atoms with Crippen molar-refractivity contribution in [2.45, 2.75) is 39.4 Å². The van der Waals surface area contributed by atoms with E-state index in [0.29, 0.717) is 0 Å². The first-order valence-corrected chi connectivity index (χ1v) is 7.91. The Morgan fingerprint density at radius 1 is 1.17 bits per heavy atom. The van der Waals surface area contributed by atoms with Gasteiger partial charge in [-0.2, -0.15) is 0 Å². The summed E-state index contributed by atoms with van der Waals surface area (Å²) in [6.45, 7) is 9.21. The lowest BCUT2D eigenvalue weighted by Crippen LogP contribution is -2.28. The summed E-state index contributed by atoms with van der Waals surface area (Å²) in [7, 11) is -3.16. The lowest BCUT2D eigenvalue weighted by atomic mass is 10.1. The third-order valence-electron chi connectivity index (χ3n) is 2.45. The topological polar surface area (TPSA) is 34.1 Å². The molecular formula is C15H22O2S. The van der Waals surface area contributed by atoms with E-state index in [1.165, 1.54) is 6.26 Å². The van der Waals surface area contributed by atoms with Gasteiger partial charge in [-0.3, -0.25) is 0 Å². The predicted molar refractivity (Wildman–Crippen MR) is 78.3 cm³/mol. The third-order valence-corrected chi connectivity index (χ3v) is 4.41. The molecule has 0 aromatic heterocycles. The van der Waals surface area contributed by atoms with Crippen LogP contribution in [-0.2, 0) is 9.84 Å². The lowest BCUT2D eigenvalue weighted by Gasteiger charge is -2.14. The van der Waals surface area contributed by atoms with E-state index in [1.54, 1.807) is 13.8 Å². The normalized spacial score (nSPS) is 10.8. The van der Waals surface area contributed by atoms with E-state index >= 15 is 0 Å². The quantitative estimate of drug-likeness (QED) is 0.732. The predicted octanol–water partition coefficient (Wildman–Crippen LogP) is 3.20. The number of sulfone groups is 1. The molecule has 100 valence electrons. The zero-order valence-electron chi connectivity index (χ0n) is 12.0. The Labute approximate surface area is 111 Å². The average Bonchev–Trinajstić information content (AvgIpc) is 2.28. The fraction of sp³-hybridized carbons (Fsp3) is 0.467. The van der Waals surface area contributed by atoms with Gasteiger partial charge in [0.25, 0.3) is 0 Å². The molecule has 0 aliphatic carbocycles. The zero-order chi connectivity index (χ0) is 14.4. The van der Waals surface area contributed by atoms with Crippen molar-refractivity contribution in [2.24, 2.45) is 0 Å². The second kappa shape index (κ2) is 6.61. The van der Waals surface area contributed by atoms with Crippen LogP contribution in [0.3, 0.4) is 0 Å². The Hall–Kier alpha value is -1.27. The first kappa shape index (κ1) is 16.7. The highest BCUT2D eigenvalue weighted by Gasteiger charge is 2.27. The van der Waals surface area contributed by atoms with Crippen LogP contribution in [0.5, 0.6) is 0 Å². The maximum absolute atomic E-state index is 11.4. The lowest BCUT2D eigenvalue weighted by molar-refractivity contribution is 0.581. The first-order valence-electron chi connectivity index (χ1n) is 6.02. The molecule has 3 heteroatoms. The Kier molecular flexibility index (Phi) is 6.14. The van der Waals surface area contributed by atoms with Crippen molar-refractivity contribution in [3.8, 4) is 11.8 Å². The Balaban J connectivity index is 0.00000137. The molecule has 0 atom stereocenters. The number of rotatable bonds is 1. The molecule has 1 aromatic carbocycles. The van der Waals surface area contributed by atoms with Gasteiger partial charge < -0.3 is 0 Å². The Morgan fingerprint density at radius 2 is 1.72 bits per heavy atom. The minimum absolute atomic E-state index is 0.844. The van der Waals surface area contributed by atoms with E-state index < -0.39 is 14.6 Å². The van der Waals surface area contributed by atoms with Gasteiger partial charge in [0.2, 0.25) is 0 Å². The summed E-state index contributed by atoms with van der Waals surface area (Å²) in [4.78, 5) is 0. The molecule has 1 aromatic rings. The van der Waals surface area contributed by atoms with Gasteiger partial charge in [-0.05, 0) is 38.5 Å². The zero-order valence-corrected chi connectivity index (χ0v) is 12.9. The van der Waals surface area contributed by atoms with Crippen LogP contribution in [0.2, 0.25) is 0 Å². The van der Waals surface area contributed by atoms with Gasteiger partial charge in [-0.15, -0.1) is 0 Å². The minimum Gasteiger partial charge on any atom is -0.228 e. The number of benzene rings is 1. The smallest absolute Gasteiger partial charge is 0.163 e. The summed E-state index contributed by atoms with van der Waals surface area (Å²) in [5.74, 6) is 5.71. The SMILES string of the molecule is CC.Cc1cccc(C#CC(C)(C)S(C)(=O)=O)c1. The summed E-state index contributed by atoms with van der Waals surface area (Å²) in [6.07, 6.45) is 1.21. The van der Waals surface area contributed by atoms with Gasteiger partial charge in [0.1, 0.15) is 4.75 Å². The molecule has 0 heterocycles. The van der Waals surface area contributed by atoms with E-state index in [-0.39, 0.29) is 0 Å². The van der Waals surface area contributed by atoms with Gasteiger partial charge in [-0.25, -0.2) is 8.42 Å². The molecule has 2 nitrogen and oxygen atoms in total. The summed E-state index contributed by atoms with van der Waals surface area (Å²) in [6, 6.07) is 7.70. The van der Waals surface area contributed by atoms with Crippen molar-refractivity contribution < 1.29 is 8.42 Å². The summed E-state index contributed by atoms with van der Waals surface area (Å²) in [5.41, 5.74) is 1.96. The van der Waals surface area contributed by atoms with Crippen molar-refractivity contribution in [2.75, 3.05) is 6.26 Å². The fourth-order valence-electron chi connectivity index (χ4n) is 1.04. The Bertz CT molecular complexity index is 543. The fourth-order valence-corrected chi connectivity index (χ4v) is 1.27. The van der Waals surface area contributed by atoms with Gasteiger partial charge in [0.05, 0.1) is 0 Å². The van der Waals surface area contributed by atoms with Crippen LogP contribution in [-0.4, -0.2) is 19.4 Å². The summed E-state index contributed by atoms with van der Waals surface area (Å²) >= 11 is 0. The van der Waals surface area contributed by atoms with Gasteiger partial charge in [0, 0.05) is 11.8 Å². The van der Waals surface area contributed by atoms with Crippen LogP contribution >= 0.6 is 0 Å². The minimum atomic E-state index is -3.16. The molecule has 0 spiro atoms. The van der Waals surface area contributed by atoms with Crippen molar-refractivity contribution in [3.63, 3.8) is 0 Å². The van der Waals surface area contributed by atoms with E-state index in [4.69, 9.17) is 0 Å². The van der Waals surface area contributed by atoms with E-state index in [2.05, 4.69) is 11.8 Å². The largest absolute Gasteiger partial charge is 0.228 e. The highest BCUT2D eigenvalue weighted by molar-refractivity contribution is 7.92. The first-order chi connectivity index (χ1) is 8.22. The summed E-state index contributed by atoms with van der Waals surface area (Å²) < 4.78 is 21.9. The Morgan fingerprint density at radius 3 is 2.17 bits per heavy atom. The van der Waals surface area contributed by atoms with Crippen molar-refractivity contribution in [1.82, 2.24) is 0 Å². The van der Waals surface area contributed by atoms with E-state index in [9.17, 15) is 8.42 Å². The van der Waals surface area contributed by atoms with E-state index in [1.807, 2.05) is 45.0 Å². The standard InChI is InChI=1S/C13H16O2S.C2H6/c1-11-6-5-7-12(10-11)8-9-13(2,3)16(4,14)15;1-2/h5-7,10H,1-4H3;1-2H3. The van der Waals surface area contributed by atoms with Crippen LogP contribution in [0.15, 0.2) is 24.3 Å². The maximum Gasteiger partial charge on any atom is 0.163 e. The molecule has 0 saturated heterocycles.